The van der Waals surface area contributed by atoms with Crippen LogP contribution in [0.5, 0.6) is 11.5 Å². The topological polar surface area (TPSA) is 68.7 Å². The molecular weight excluding hydrogens is 408 g/mol. The number of Topliss-reactive ketones (excluding diaryl/α,β-unsaturated/α-hetero) is 1. The van der Waals surface area contributed by atoms with E-state index in [9.17, 15) is 9.59 Å². The largest absolute Gasteiger partial charge is 0.454 e. The zero-order chi connectivity index (χ0) is 19.8. The van der Waals surface area contributed by atoms with E-state index in [4.69, 9.17) is 9.47 Å². The zero-order valence-corrected chi connectivity index (χ0v) is 17.1. The molecule has 8 heteroatoms. The monoisotopic (exact) mass is 426 g/mol. The standard InChI is InChI=1S/C21H18N2O4S2/c24-19(13-5-6-16-17(9-13)27-12-26-16)14-3-1-7-23(10-14)21(25)15-11-29-20(22-15)18-4-2-8-28-18/h2,4-6,8-9,11,14H,1,3,7,10,12H2/t14-/m0/s1. The van der Waals surface area contributed by atoms with Crippen molar-refractivity contribution in [3.8, 4) is 21.4 Å². The Bertz CT molecular complexity index is 1060. The van der Waals surface area contributed by atoms with Gasteiger partial charge in [0.05, 0.1) is 4.88 Å². The van der Waals surface area contributed by atoms with E-state index in [-0.39, 0.29) is 24.4 Å². The van der Waals surface area contributed by atoms with Gasteiger partial charge in [0.15, 0.2) is 17.3 Å². The minimum absolute atomic E-state index is 0.0401. The molecule has 2 aliphatic rings. The van der Waals surface area contributed by atoms with Crippen LogP contribution in [-0.4, -0.2) is 41.5 Å². The van der Waals surface area contributed by atoms with Crippen molar-refractivity contribution in [2.75, 3.05) is 19.9 Å². The third kappa shape index (κ3) is 3.54. The second-order valence-corrected chi connectivity index (χ2v) is 8.84. The number of benzene rings is 1. The van der Waals surface area contributed by atoms with E-state index in [2.05, 4.69) is 4.98 Å². The van der Waals surface area contributed by atoms with Crippen LogP contribution in [0.25, 0.3) is 9.88 Å². The number of nitrogens with zero attached hydrogens (tertiary/aromatic N) is 2. The molecule has 148 valence electrons. The number of ketones is 1. The predicted molar refractivity (Wildman–Crippen MR) is 111 cm³/mol. The minimum Gasteiger partial charge on any atom is -0.454 e. The van der Waals surface area contributed by atoms with Crippen LogP contribution in [0.4, 0.5) is 0 Å². The number of hydrogen-bond donors (Lipinski definition) is 0. The second-order valence-electron chi connectivity index (χ2n) is 7.04. The number of thiophene rings is 1. The number of amides is 1. The molecule has 0 bridgehead atoms. The van der Waals surface area contributed by atoms with Gasteiger partial charge in [0.25, 0.3) is 5.91 Å². The molecule has 0 saturated carbocycles. The molecule has 1 aromatic carbocycles. The van der Waals surface area contributed by atoms with E-state index in [1.165, 1.54) is 11.3 Å². The third-order valence-corrected chi connectivity index (χ3v) is 7.07. The molecule has 3 aromatic rings. The van der Waals surface area contributed by atoms with Crippen molar-refractivity contribution in [3.63, 3.8) is 0 Å². The van der Waals surface area contributed by atoms with Crippen LogP contribution in [-0.2, 0) is 0 Å². The van der Waals surface area contributed by atoms with Crippen molar-refractivity contribution in [1.82, 2.24) is 9.88 Å². The number of carbonyl (C=O) groups excluding carboxylic acids is 2. The number of aromatic nitrogens is 1. The summed E-state index contributed by atoms with van der Waals surface area (Å²) in [6.45, 7) is 1.24. The van der Waals surface area contributed by atoms with Crippen molar-refractivity contribution in [3.05, 3.63) is 52.3 Å². The molecule has 0 spiro atoms. The van der Waals surface area contributed by atoms with Crippen molar-refractivity contribution in [1.29, 1.82) is 0 Å². The van der Waals surface area contributed by atoms with Crippen molar-refractivity contribution >= 4 is 34.4 Å². The second kappa shape index (κ2) is 7.61. The van der Waals surface area contributed by atoms with E-state index in [1.807, 2.05) is 17.5 Å². The minimum atomic E-state index is -0.219. The normalized spacial score (nSPS) is 18.1. The Morgan fingerprint density at radius 1 is 1.14 bits per heavy atom. The maximum Gasteiger partial charge on any atom is 0.273 e. The van der Waals surface area contributed by atoms with E-state index in [1.54, 1.807) is 39.8 Å². The predicted octanol–water partition coefficient (Wildman–Crippen LogP) is 4.34. The Labute approximate surface area is 175 Å². The number of fused-ring (bicyclic) bond motifs is 1. The number of hydrogen-bond acceptors (Lipinski definition) is 7. The highest BCUT2D eigenvalue weighted by atomic mass is 32.1. The van der Waals surface area contributed by atoms with Gasteiger partial charge in [-0.3, -0.25) is 9.59 Å². The van der Waals surface area contributed by atoms with Gasteiger partial charge >= 0.3 is 0 Å². The van der Waals surface area contributed by atoms with Crippen LogP contribution >= 0.6 is 22.7 Å². The molecule has 0 radical (unpaired) electrons. The highest BCUT2D eigenvalue weighted by Crippen LogP contribution is 2.34. The lowest BCUT2D eigenvalue weighted by Gasteiger charge is -2.31. The van der Waals surface area contributed by atoms with Gasteiger partial charge in [0.1, 0.15) is 10.7 Å². The number of carbonyl (C=O) groups is 2. The maximum atomic E-state index is 13.0. The van der Waals surface area contributed by atoms with E-state index >= 15 is 0 Å². The van der Waals surface area contributed by atoms with Crippen molar-refractivity contribution < 1.29 is 19.1 Å². The quantitative estimate of drug-likeness (QED) is 0.581. The highest BCUT2D eigenvalue weighted by molar-refractivity contribution is 7.20. The molecule has 29 heavy (non-hydrogen) atoms. The molecular formula is C21H18N2O4S2. The lowest BCUT2D eigenvalue weighted by molar-refractivity contribution is 0.0632. The molecule has 1 fully saturated rings. The Morgan fingerprint density at radius 3 is 2.90 bits per heavy atom. The van der Waals surface area contributed by atoms with E-state index in [0.29, 0.717) is 35.8 Å². The van der Waals surface area contributed by atoms with Gasteiger partial charge < -0.3 is 14.4 Å². The number of likely N-dealkylation sites (tertiary alicyclic amines) is 1. The SMILES string of the molecule is O=C(c1ccc2c(c1)OCO2)[C@H]1CCCN(C(=O)c2csc(-c3cccs3)n2)C1. The summed E-state index contributed by atoms with van der Waals surface area (Å²) in [6, 6.07) is 9.24. The van der Waals surface area contributed by atoms with E-state index < -0.39 is 0 Å². The fraction of sp³-hybridized carbons (Fsp3) is 0.286. The van der Waals surface area contributed by atoms with Gasteiger partial charge in [-0.05, 0) is 42.5 Å². The molecule has 4 heterocycles. The summed E-state index contributed by atoms with van der Waals surface area (Å²) in [6.07, 6.45) is 1.57. The third-order valence-electron chi connectivity index (χ3n) is 5.19. The summed E-state index contributed by atoms with van der Waals surface area (Å²) >= 11 is 3.08. The van der Waals surface area contributed by atoms with Gasteiger partial charge in [0, 0.05) is 30.0 Å². The van der Waals surface area contributed by atoms with Crippen LogP contribution in [0.1, 0.15) is 33.7 Å². The molecule has 1 amide bonds. The summed E-state index contributed by atoms with van der Waals surface area (Å²) in [5.41, 5.74) is 1.05. The molecule has 2 aliphatic heterocycles. The average molecular weight is 427 g/mol. The van der Waals surface area contributed by atoms with Crippen LogP contribution < -0.4 is 9.47 Å². The molecule has 0 aliphatic carbocycles. The molecule has 1 atom stereocenters. The van der Waals surface area contributed by atoms with Gasteiger partial charge in [-0.2, -0.15) is 0 Å². The van der Waals surface area contributed by atoms with Crippen molar-refractivity contribution in [2.45, 2.75) is 12.8 Å². The molecule has 5 rings (SSSR count). The van der Waals surface area contributed by atoms with Crippen LogP contribution in [0, 0.1) is 5.92 Å². The Hall–Kier alpha value is -2.71. The Kier molecular flexibility index (Phi) is 4.81. The molecule has 0 unspecified atom stereocenters. The summed E-state index contributed by atoms with van der Waals surface area (Å²) in [7, 11) is 0. The van der Waals surface area contributed by atoms with Gasteiger partial charge in [-0.15, -0.1) is 22.7 Å². The fourth-order valence-corrected chi connectivity index (χ4v) is 5.32. The maximum absolute atomic E-state index is 13.0. The fourth-order valence-electron chi connectivity index (χ4n) is 3.71. The van der Waals surface area contributed by atoms with Crippen LogP contribution in [0.2, 0.25) is 0 Å². The molecule has 2 aromatic heterocycles. The summed E-state index contributed by atoms with van der Waals surface area (Å²) in [5.74, 6) is 0.976. The Morgan fingerprint density at radius 2 is 2.03 bits per heavy atom. The summed E-state index contributed by atoms with van der Waals surface area (Å²) < 4.78 is 10.7. The smallest absolute Gasteiger partial charge is 0.273 e. The first-order valence-corrected chi connectivity index (χ1v) is 11.2. The zero-order valence-electron chi connectivity index (χ0n) is 15.5. The number of rotatable bonds is 4. The molecule has 6 nitrogen and oxygen atoms in total. The first-order chi connectivity index (χ1) is 14.2. The van der Waals surface area contributed by atoms with E-state index in [0.717, 1.165) is 22.7 Å². The first kappa shape index (κ1) is 18.3. The molecule has 1 saturated heterocycles. The van der Waals surface area contributed by atoms with Crippen LogP contribution in [0.3, 0.4) is 0 Å². The van der Waals surface area contributed by atoms with Crippen LogP contribution in [0.15, 0.2) is 41.1 Å². The number of ether oxygens (including phenoxy) is 2. The Balaban J connectivity index is 1.30. The summed E-state index contributed by atoms with van der Waals surface area (Å²) in [5, 5.41) is 4.66. The first-order valence-electron chi connectivity index (χ1n) is 9.41. The number of thiazole rings is 1. The molecule has 0 N–H and O–H groups in total. The van der Waals surface area contributed by atoms with Crippen molar-refractivity contribution in [2.24, 2.45) is 5.92 Å². The lowest BCUT2D eigenvalue weighted by atomic mass is 9.89. The van der Waals surface area contributed by atoms with Gasteiger partial charge in [-0.25, -0.2) is 4.98 Å². The summed E-state index contributed by atoms with van der Waals surface area (Å²) in [4.78, 5) is 33.3. The van der Waals surface area contributed by atoms with Gasteiger partial charge in [-0.1, -0.05) is 6.07 Å². The average Bonchev–Trinajstić information content (AvgIpc) is 3.53. The highest BCUT2D eigenvalue weighted by Gasteiger charge is 2.31. The lowest BCUT2D eigenvalue weighted by Crippen LogP contribution is -2.42. The van der Waals surface area contributed by atoms with Gasteiger partial charge in [0.2, 0.25) is 6.79 Å². The number of piperidine rings is 1.